The predicted molar refractivity (Wildman–Crippen MR) is 111 cm³/mol. The zero-order chi connectivity index (χ0) is 19.7. The summed E-state index contributed by atoms with van der Waals surface area (Å²) in [6.07, 6.45) is 2.66. The lowest BCUT2D eigenvalue weighted by Gasteiger charge is -2.49. The fourth-order valence-electron chi connectivity index (χ4n) is 4.65. The number of piperazine rings is 1. The van der Waals surface area contributed by atoms with E-state index in [4.69, 9.17) is 4.42 Å². The lowest BCUT2D eigenvalue weighted by molar-refractivity contribution is -0.129. The van der Waals surface area contributed by atoms with Crippen molar-refractivity contribution in [1.82, 2.24) is 14.7 Å². The quantitative estimate of drug-likeness (QED) is 0.817. The van der Waals surface area contributed by atoms with Gasteiger partial charge in [-0.05, 0) is 50.6 Å². The fraction of sp³-hybridized carbons (Fsp3) is 0.522. The lowest BCUT2D eigenvalue weighted by Crippen LogP contribution is -2.60. The van der Waals surface area contributed by atoms with Crippen LogP contribution in [-0.2, 0) is 11.3 Å². The van der Waals surface area contributed by atoms with Crippen LogP contribution in [0.5, 0.6) is 0 Å². The minimum atomic E-state index is 0.106. The fourth-order valence-corrected chi connectivity index (χ4v) is 4.65. The van der Waals surface area contributed by atoms with Gasteiger partial charge in [-0.3, -0.25) is 14.6 Å². The van der Waals surface area contributed by atoms with Gasteiger partial charge < -0.3 is 9.32 Å². The molecule has 5 heteroatoms. The Kier molecular flexibility index (Phi) is 5.30. The molecule has 2 saturated heterocycles. The van der Waals surface area contributed by atoms with Crippen LogP contribution >= 0.6 is 0 Å². The predicted octanol–water partition coefficient (Wildman–Crippen LogP) is 3.38. The highest BCUT2D eigenvalue weighted by molar-refractivity contribution is 5.76. The van der Waals surface area contributed by atoms with Crippen LogP contribution in [0.3, 0.4) is 0 Å². The van der Waals surface area contributed by atoms with E-state index in [9.17, 15) is 4.79 Å². The number of carbonyl (C=O) groups is 1. The summed E-state index contributed by atoms with van der Waals surface area (Å²) >= 11 is 0. The molecule has 1 aromatic carbocycles. The third-order valence-corrected chi connectivity index (χ3v) is 6.58. The molecule has 0 radical (unpaired) electrons. The Morgan fingerprint density at radius 1 is 1.07 bits per heavy atom. The summed E-state index contributed by atoms with van der Waals surface area (Å²) in [5.41, 5.74) is 2.55. The van der Waals surface area contributed by atoms with Crippen molar-refractivity contribution in [1.29, 1.82) is 0 Å². The second-order valence-corrected chi connectivity index (χ2v) is 8.53. The molecule has 0 aliphatic carbocycles. The smallest absolute Gasteiger partial charge is 0.222 e. The van der Waals surface area contributed by atoms with E-state index in [1.54, 1.807) is 0 Å². The molecule has 1 unspecified atom stereocenters. The van der Waals surface area contributed by atoms with Crippen LogP contribution in [-0.4, -0.2) is 66.4 Å². The van der Waals surface area contributed by atoms with Crippen LogP contribution in [0.2, 0.25) is 0 Å². The summed E-state index contributed by atoms with van der Waals surface area (Å²) in [5, 5.41) is 0. The molecule has 1 spiro atoms. The number of nitrogens with zero attached hydrogens (tertiary/aromatic N) is 3. The first-order valence-electron chi connectivity index (χ1n) is 10.3. The molecule has 0 N–H and O–H groups in total. The summed E-state index contributed by atoms with van der Waals surface area (Å²) in [6, 6.07) is 12.7. The first kappa shape index (κ1) is 19.2. The van der Waals surface area contributed by atoms with E-state index in [0.717, 1.165) is 62.6 Å². The number of carbonyl (C=O) groups excluding carboxylic acids is 1. The molecule has 2 aliphatic heterocycles. The van der Waals surface area contributed by atoms with E-state index < -0.39 is 0 Å². The third-order valence-electron chi connectivity index (χ3n) is 6.58. The van der Waals surface area contributed by atoms with Crippen molar-refractivity contribution in [2.75, 3.05) is 40.3 Å². The summed E-state index contributed by atoms with van der Waals surface area (Å²) in [7, 11) is 4.16. The van der Waals surface area contributed by atoms with Crippen molar-refractivity contribution in [3.8, 4) is 11.3 Å². The summed E-state index contributed by atoms with van der Waals surface area (Å²) in [5.74, 6) is 2.15. The van der Waals surface area contributed by atoms with Crippen molar-refractivity contribution < 1.29 is 9.21 Å². The van der Waals surface area contributed by atoms with Gasteiger partial charge in [-0.25, -0.2) is 0 Å². The van der Waals surface area contributed by atoms with Gasteiger partial charge in [0.1, 0.15) is 11.5 Å². The average Bonchev–Trinajstić information content (AvgIpc) is 3.07. The second kappa shape index (κ2) is 7.72. The highest BCUT2D eigenvalue weighted by Crippen LogP contribution is 2.32. The molecule has 150 valence electrons. The van der Waals surface area contributed by atoms with Crippen LogP contribution in [0.15, 0.2) is 40.8 Å². The number of likely N-dealkylation sites (N-methyl/N-ethyl adjacent to an activating group) is 1. The van der Waals surface area contributed by atoms with Crippen LogP contribution in [0, 0.1) is 6.92 Å². The monoisotopic (exact) mass is 381 g/mol. The molecule has 2 aromatic rings. The Bertz CT molecular complexity index is 846. The molecule has 4 rings (SSSR count). The zero-order valence-corrected chi connectivity index (χ0v) is 17.3. The van der Waals surface area contributed by atoms with Gasteiger partial charge in [-0.15, -0.1) is 0 Å². The second-order valence-electron chi connectivity index (χ2n) is 8.53. The number of hydrogen-bond acceptors (Lipinski definition) is 4. The van der Waals surface area contributed by atoms with Crippen molar-refractivity contribution in [2.45, 2.75) is 38.3 Å². The molecule has 2 aliphatic rings. The molecule has 1 aromatic heterocycles. The van der Waals surface area contributed by atoms with Gasteiger partial charge in [0.2, 0.25) is 5.91 Å². The molecule has 0 bridgehead atoms. The normalized spacial score (nSPS) is 24.7. The number of furan rings is 1. The summed E-state index contributed by atoms with van der Waals surface area (Å²) in [6.45, 7) is 6.90. The number of hydrogen-bond donors (Lipinski definition) is 0. The standard InChI is InChI=1S/C23H31N3O2/c1-18-7-8-21(28-18)20-6-4-5-19(15-20)16-26-14-13-25(3)23(17-26)10-9-22(27)24(2)12-11-23/h4-8,15H,9-14,16-17H2,1-3H3. The summed E-state index contributed by atoms with van der Waals surface area (Å²) in [4.78, 5) is 19.1. The van der Waals surface area contributed by atoms with Gasteiger partial charge >= 0.3 is 0 Å². The van der Waals surface area contributed by atoms with E-state index in [1.165, 1.54) is 5.56 Å². The lowest BCUT2D eigenvalue weighted by atomic mass is 9.86. The van der Waals surface area contributed by atoms with Crippen LogP contribution in [0.4, 0.5) is 0 Å². The van der Waals surface area contributed by atoms with E-state index in [0.29, 0.717) is 6.42 Å². The van der Waals surface area contributed by atoms with Crippen LogP contribution < -0.4 is 0 Å². The molecular formula is C23H31N3O2. The number of amides is 1. The molecule has 0 saturated carbocycles. The van der Waals surface area contributed by atoms with E-state index in [1.807, 2.05) is 31.0 Å². The third kappa shape index (κ3) is 3.87. The zero-order valence-electron chi connectivity index (χ0n) is 17.3. The minimum Gasteiger partial charge on any atom is -0.461 e. The van der Waals surface area contributed by atoms with Crippen molar-refractivity contribution in [3.05, 3.63) is 47.7 Å². The minimum absolute atomic E-state index is 0.106. The molecule has 5 nitrogen and oxygen atoms in total. The largest absolute Gasteiger partial charge is 0.461 e. The Hall–Kier alpha value is -2.11. The Morgan fingerprint density at radius 2 is 1.93 bits per heavy atom. The van der Waals surface area contributed by atoms with Gasteiger partial charge in [-0.2, -0.15) is 0 Å². The van der Waals surface area contributed by atoms with E-state index in [2.05, 4.69) is 41.1 Å². The van der Waals surface area contributed by atoms with Gasteiger partial charge in [-0.1, -0.05) is 18.2 Å². The SMILES string of the molecule is Cc1ccc(-c2cccc(CN3CCN(C)C4(CCC(=O)N(C)CC4)C3)c2)o1. The van der Waals surface area contributed by atoms with Gasteiger partial charge in [0.25, 0.3) is 0 Å². The van der Waals surface area contributed by atoms with Crippen molar-refractivity contribution in [2.24, 2.45) is 0 Å². The first-order valence-corrected chi connectivity index (χ1v) is 10.3. The highest BCUT2D eigenvalue weighted by Gasteiger charge is 2.41. The molecule has 1 amide bonds. The molecular weight excluding hydrogens is 350 g/mol. The maximum absolute atomic E-state index is 12.2. The van der Waals surface area contributed by atoms with Crippen molar-refractivity contribution in [3.63, 3.8) is 0 Å². The molecule has 2 fully saturated rings. The topological polar surface area (TPSA) is 39.9 Å². The Morgan fingerprint density at radius 3 is 2.71 bits per heavy atom. The number of benzene rings is 1. The average molecular weight is 382 g/mol. The Balaban J connectivity index is 1.49. The number of rotatable bonds is 3. The maximum atomic E-state index is 12.2. The Labute approximate surface area is 167 Å². The van der Waals surface area contributed by atoms with Crippen molar-refractivity contribution >= 4 is 5.91 Å². The molecule has 3 heterocycles. The van der Waals surface area contributed by atoms with Gasteiger partial charge in [0, 0.05) is 57.3 Å². The number of likely N-dealkylation sites (tertiary alicyclic amines) is 1. The van der Waals surface area contributed by atoms with Crippen LogP contribution in [0.25, 0.3) is 11.3 Å². The van der Waals surface area contributed by atoms with Gasteiger partial charge in [0.05, 0.1) is 0 Å². The first-order chi connectivity index (χ1) is 13.4. The number of aryl methyl sites for hydroxylation is 1. The molecule has 28 heavy (non-hydrogen) atoms. The molecule has 1 atom stereocenters. The van der Waals surface area contributed by atoms with Gasteiger partial charge in [0.15, 0.2) is 0 Å². The van der Waals surface area contributed by atoms with Crippen LogP contribution in [0.1, 0.15) is 30.6 Å². The van der Waals surface area contributed by atoms with E-state index >= 15 is 0 Å². The summed E-state index contributed by atoms with van der Waals surface area (Å²) < 4.78 is 5.80. The van der Waals surface area contributed by atoms with E-state index in [-0.39, 0.29) is 11.4 Å². The maximum Gasteiger partial charge on any atom is 0.222 e. The highest BCUT2D eigenvalue weighted by atomic mass is 16.3.